The Morgan fingerprint density at radius 3 is 1.76 bits per heavy atom. The first-order valence-corrected chi connectivity index (χ1v) is 25.8. The number of aliphatic hydroxyl groups is 1. The van der Waals surface area contributed by atoms with E-state index in [-0.39, 0.29) is 33.2 Å². The Morgan fingerprint density at radius 1 is 0.553 bits per heavy atom. The number of unbranched alkanes of at least 4 members (excludes halogenated alkanes) is 1. The van der Waals surface area contributed by atoms with E-state index in [1.54, 1.807) is 26.4 Å². The second-order valence-corrected chi connectivity index (χ2v) is 19.2. The van der Waals surface area contributed by atoms with Crippen LogP contribution in [0, 0.1) is 11.8 Å². The minimum absolute atomic E-state index is 0.0273. The van der Waals surface area contributed by atoms with Crippen molar-refractivity contribution < 1.29 is 72.7 Å². The van der Waals surface area contributed by atoms with E-state index in [2.05, 4.69) is 6.92 Å². The second-order valence-electron chi connectivity index (χ2n) is 19.2. The lowest BCUT2D eigenvalue weighted by molar-refractivity contribution is -0.143. The summed E-state index contributed by atoms with van der Waals surface area (Å²) in [4.78, 5) is 42.4. The Kier molecular flexibility index (Phi) is 16.5. The molecule has 6 atom stereocenters. The molecule has 0 saturated carbocycles. The summed E-state index contributed by atoms with van der Waals surface area (Å²) in [6, 6.07) is 32.1. The maximum absolute atomic E-state index is 13.1. The van der Waals surface area contributed by atoms with Gasteiger partial charge in [0.15, 0.2) is 23.0 Å². The molecule has 4 N–H and O–H groups in total. The molecule has 0 amide bonds. The molecule has 0 bridgehead atoms. The maximum atomic E-state index is 13.1. The van der Waals surface area contributed by atoms with Crippen LogP contribution in [0.4, 0.5) is 0 Å². The van der Waals surface area contributed by atoms with E-state index in [4.69, 9.17) is 42.9 Å². The number of aliphatic hydroxyl groups excluding tert-OH is 1. The molecule has 0 fully saturated rings. The predicted molar refractivity (Wildman–Crippen MR) is 279 cm³/mol. The highest BCUT2D eigenvalue weighted by Gasteiger charge is 2.50. The summed E-state index contributed by atoms with van der Waals surface area (Å²) >= 11 is 0. The van der Waals surface area contributed by atoms with Crippen LogP contribution in [0.1, 0.15) is 126 Å². The highest BCUT2D eigenvalue weighted by Crippen LogP contribution is 2.57. The monoisotopic (exact) mass is 1040 g/mol. The third-order valence-electron chi connectivity index (χ3n) is 14.6. The molecule has 4 aliphatic rings. The number of aliphatic carboxylic acids is 3. The number of pyridine rings is 1. The van der Waals surface area contributed by atoms with Gasteiger partial charge in [0.25, 0.3) is 0 Å². The lowest BCUT2D eigenvalue weighted by Crippen LogP contribution is -2.25. The molecule has 16 nitrogen and oxygen atoms in total. The zero-order valence-electron chi connectivity index (χ0n) is 43.0. The van der Waals surface area contributed by atoms with Crippen LogP contribution in [0.15, 0.2) is 103 Å². The topological polar surface area (TPSA) is 219 Å². The predicted octanol–water partition coefficient (Wildman–Crippen LogP) is 10.1. The van der Waals surface area contributed by atoms with E-state index >= 15 is 0 Å². The molecule has 0 unspecified atom stereocenters. The van der Waals surface area contributed by atoms with Crippen molar-refractivity contribution in [3.8, 4) is 46.0 Å². The molecular formula is C60H63NO15. The van der Waals surface area contributed by atoms with Crippen molar-refractivity contribution in [1.29, 1.82) is 0 Å². The van der Waals surface area contributed by atoms with Crippen LogP contribution >= 0.6 is 0 Å². The molecule has 0 saturated heterocycles. The number of hydrogen-bond acceptors (Lipinski definition) is 13. The van der Waals surface area contributed by atoms with Crippen LogP contribution in [-0.4, -0.2) is 90.9 Å². The molecule has 10 rings (SSSR count). The molecule has 5 aromatic carbocycles. The van der Waals surface area contributed by atoms with Gasteiger partial charge in [0.05, 0.1) is 45.0 Å². The highest BCUT2D eigenvalue weighted by atomic mass is 16.7. The van der Waals surface area contributed by atoms with Crippen LogP contribution in [0.3, 0.4) is 0 Å². The number of ether oxygens (including phenoxy) is 8. The fourth-order valence-electron chi connectivity index (χ4n) is 11.2. The molecular weight excluding hydrogens is 975 g/mol. The van der Waals surface area contributed by atoms with E-state index in [9.17, 15) is 34.8 Å². The first-order valence-electron chi connectivity index (χ1n) is 25.8. The van der Waals surface area contributed by atoms with Gasteiger partial charge in [-0.05, 0) is 132 Å². The molecule has 1 aromatic heterocycles. The first-order chi connectivity index (χ1) is 37.0. The number of benzene rings is 5. The van der Waals surface area contributed by atoms with Gasteiger partial charge < -0.3 is 58.3 Å². The van der Waals surface area contributed by atoms with E-state index in [0.717, 1.165) is 76.0 Å². The number of fused-ring (bicyclic) bond motifs is 4. The summed E-state index contributed by atoms with van der Waals surface area (Å²) in [5.74, 6) is -1.42. The molecule has 16 heteroatoms. The SMILES string of the molecule is CCCCc1ccc2c(n1)[C@@H](c1ccc(OC)cc1CCCC(=O)O)[C@H](C(=O)O)[C@H]2c1ccc2c(c1)OCO2.CCCOc1ccc2c(c1)[C@@H](c1ccc(OC)cc1OCCO)[C@H](C(=O)O)[C@H]2c1ccc2c(c1)OCO2. The Hall–Kier alpha value is -7.98. The van der Waals surface area contributed by atoms with Gasteiger partial charge in [0, 0.05) is 47.4 Å². The van der Waals surface area contributed by atoms with Gasteiger partial charge in [-0.2, -0.15) is 0 Å². The normalized spacial score (nSPS) is 19.2. The Labute approximate surface area is 441 Å². The number of carboxylic acid groups (broad SMARTS) is 3. The van der Waals surface area contributed by atoms with Crippen LogP contribution in [0.5, 0.6) is 46.0 Å². The number of rotatable bonds is 21. The van der Waals surface area contributed by atoms with E-state index in [0.29, 0.717) is 71.0 Å². The number of carbonyl (C=O) groups is 3. The summed E-state index contributed by atoms with van der Waals surface area (Å²) in [5.41, 5.74) is 8.46. The van der Waals surface area contributed by atoms with Gasteiger partial charge in [-0.15, -0.1) is 0 Å². The highest BCUT2D eigenvalue weighted by molar-refractivity contribution is 5.79. The summed E-state index contributed by atoms with van der Waals surface area (Å²) in [6.07, 6.45) is 4.65. The largest absolute Gasteiger partial charge is 0.497 e. The van der Waals surface area contributed by atoms with Crippen LogP contribution in [0.2, 0.25) is 0 Å². The zero-order chi connectivity index (χ0) is 53.5. The van der Waals surface area contributed by atoms with E-state index in [1.165, 1.54) is 0 Å². The van der Waals surface area contributed by atoms with E-state index < -0.39 is 53.4 Å². The number of nitrogens with zero attached hydrogens (tertiary/aromatic N) is 1. The first kappa shape index (κ1) is 52.9. The third-order valence-corrected chi connectivity index (χ3v) is 14.6. The Bertz CT molecular complexity index is 3080. The fraction of sp³-hybridized carbons (Fsp3) is 0.367. The number of carboxylic acids is 3. The lowest BCUT2D eigenvalue weighted by atomic mass is 9.78. The maximum Gasteiger partial charge on any atom is 0.308 e. The van der Waals surface area contributed by atoms with Crippen LogP contribution in [0.25, 0.3) is 0 Å². The summed E-state index contributed by atoms with van der Waals surface area (Å²) < 4.78 is 44.9. The minimum Gasteiger partial charge on any atom is -0.497 e. The molecule has 0 radical (unpaired) electrons. The van der Waals surface area contributed by atoms with Gasteiger partial charge in [-0.25, -0.2) is 0 Å². The standard InChI is InChI=1S/C31H33NO7.C29H30O8/c1-3-4-7-20-10-12-23-27(19-9-14-24-25(16-19)39-17-38-24)29(31(35)36)28(30(23)32-20)22-13-11-21(37-2)15-18(22)6-5-8-26(33)34;1-3-11-34-19-6-7-20-22(14-19)27(21-8-5-18(33-2)15-24(21)35-12-10-30)28(29(31)32)26(20)17-4-9-23-25(13-17)37-16-36-23/h9-16,27-29H,3-8,17H2,1-2H3,(H,33,34)(H,35,36);4-9,13-15,26-28,30H,3,10-12,16H2,1-2H3,(H,31,32)/t27-,28-,29+;26-,27+,28+/m00/s1. The van der Waals surface area contributed by atoms with Crippen molar-refractivity contribution in [1.82, 2.24) is 4.98 Å². The van der Waals surface area contributed by atoms with Crippen LogP contribution < -0.4 is 37.9 Å². The molecule has 0 spiro atoms. The van der Waals surface area contributed by atoms with Crippen molar-refractivity contribution in [3.63, 3.8) is 0 Å². The Morgan fingerprint density at radius 2 is 1.14 bits per heavy atom. The van der Waals surface area contributed by atoms with Gasteiger partial charge >= 0.3 is 17.9 Å². The van der Waals surface area contributed by atoms with E-state index in [1.807, 2.05) is 97.9 Å². The number of aromatic nitrogens is 1. The van der Waals surface area contributed by atoms with Crippen molar-refractivity contribution in [2.75, 3.05) is 47.6 Å². The van der Waals surface area contributed by atoms with Crippen molar-refractivity contribution in [3.05, 3.63) is 159 Å². The smallest absolute Gasteiger partial charge is 0.308 e. The second kappa shape index (κ2) is 23.7. The van der Waals surface area contributed by atoms with Crippen LogP contribution in [-0.2, 0) is 27.2 Å². The molecule has 3 heterocycles. The lowest BCUT2D eigenvalue weighted by Gasteiger charge is -2.25. The quantitative estimate of drug-likeness (QED) is 0.0527. The van der Waals surface area contributed by atoms with Crippen molar-refractivity contribution in [2.24, 2.45) is 11.8 Å². The number of methoxy groups -OCH3 is 2. The zero-order valence-corrected chi connectivity index (χ0v) is 43.0. The Balaban J connectivity index is 0.000000186. The van der Waals surface area contributed by atoms with Crippen molar-refractivity contribution >= 4 is 17.9 Å². The molecule has 76 heavy (non-hydrogen) atoms. The molecule has 398 valence electrons. The van der Waals surface area contributed by atoms with Gasteiger partial charge in [-0.1, -0.05) is 56.7 Å². The van der Waals surface area contributed by atoms with Gasteiger partial charge in [0.2, 0.25) is 13.6 Å². The average Bonchev–Trinajstić information content (AvgIpc) is 4.28. The van der Waals surface area contributed by atoms with Gasteiger partial charge in [-0.3, -0.25) is 19.4 Å². The van der Waals surface area contributed by atoms with Crippen molar-refractivity contribution in [2.45, 2.75) is 82.5 Å². The molecule has 6 aromatic rings. The van der Waals surface area contributed by atoms with Gasteiger partial charge in [0.1, 0.15) is 29.6 Å². The average molecular weight is 1040 g/mol. The third kappa shape index (κ3) is 10.9. The number of aryl methyl sites for hydroxylation is 2. The number of hydrogen-bond donors (Lipinski definition) is 4. The summed E-state index contributed by atoms with van der Waals surface area (Å²) in [7, 11) is 3.14. The molecule has 2 aliphatic carbocycles. The summed E-state index contributed by atoms with van der Waals surface area (Å²) in [6.45, 7) is 4.91. The minimum atomic E-state index is -0.927. The molecule has 2 aliphatic heterocycles. The fourth-order valence-corrected chi connectivity index (χ4v) is 11.2. The summed E-state index contributed by atoms with van der Waals surface area (Å²) in [5, 5.41) is 40.0.